The number of rotatable bonds is 3. The monoisotopic (exact) mass is 215 g/mol. The first-order valence-corrected chi connectivity index (χ1v) is 3.74. The second kappa shape index (κ2) is 6.10. The molecule has 0 aliphatic carbocycles. The number of nitrogens with zero attached hydrogens (tertiary/aromatic N) is 1. The zero-order valence-corrected chi connectivity index (χ0v) is 8.41. The van der Waals surface area contributed by atoms with Gasteiger partial charge in [-0.3, -0.25) is 14.6 Å². The van der Waals surface area contributed by atoms with Crippen LogP contribution in [0.2, 0.25) is 0 Å². The number of Topliss-reactive ketones (excluding diaryl/α,β-unsaturated/α-hetero) is 1. The van der Waals surface area contributed by atoms with Crippen LogP contribution in [0.3, 0.4) is 0 Å². The normalized spacial score (nSPS) is 8.64. The lowest BCUT2D eigenvalue weighted by Gasteiger charge is -1.97. The molecule has 4 nitrogen and oxygen atoms in total. The molecule has 0 saturated heterocycles. The van der Waals surface area contributed by atoms with E-state index >= 15 is 0 Å². The molecule has 76 valence electrons. The van der Waals surface area contributed by atoms with Crippen molar-refractivity contribution in [1.29, 1.82) is 0 Å². The number of carbonyl (C=O) groups is 2. The van der Waals surface area contributed by atoms with E-state index in [1.165, 1.54) is 13.3 Å². The van der Waals surface area contributed by atoms with Crippen LogP contribution in [0.5, 0.6) is 0 Å². The third-order valence-corrected chi connectivity index (χ3v) is 1.52. The highest BCUT2D eigenvalue weighted by atomic mass is 35.5. The fourth-order valence-electron chi connectivity index (χ4n) is 0.833. The molecular weight excluding hydrogens is 206 g/mol. The smallest absolute Gasteiger partial charge is 0.313 e. The van der Waals surface area contributed by atoms with Gasteiger partial charge >= 0.3 is 5.97 Å². The van der Waals surface area contributed by atoms with E-state index in [1.807, 2.05) is 0 Å². The summed E-state index contributed by atoms with van der Waals surface area (Å²) in [5.41, 5.74) is 0.424. The molecule has 0 saturated carbocycles. The zero-order valence-electron chi connectivity index (χ0n) is 7.60. The van der Waals surface area contributed by atoms with E-state index in [4.69, 9.17) is 0 Å². The Morgan fingerprint density at radius 3 is 2.71 bits per heavy atom. The maximum absolute atomic E-state index is 11.3. The molecule has 1 heterocycles. The lowest BCUT2D eigenvalue weighted by Crippen LogP contribution is -2.09. The van der Waals surface area contributed by atoms with Gasteiger partial charge in [0, 0.05) is 18.0 Å². The standard InChI is InChI=1S/C9H9NO3.ClH/c1-13-9(12)5-8(11)7-3-2-4-10-6-7;/h2-4,6H,5H2,1H3;1H. The summed E-state index contributed by atoms with van der Waals surface area (Å²) in [7, 11) is 1.25. The van der Waals surface area contributed by atoms with Crippen molar-refractivity contribution in [3.05, 3.63) is 30.1 Å². The number of methoxy groups -OCH3 is 1. The summed E-state index contributed by atoms with van der Waals surface area (Å²) in [4.78, 5) is 25.8. The SMILES string of the molecule is COC(=O)CC(=O)c1cccnc1.Cl. The molecule has 0 N–H and O–H groups in total. The molecule has 0 aromatic carbocycles. The summed E-state index contributed by atoms with van der Waals surface area (Å²) in [5, 5.41) is 0. The summed E-state index contributed by atoms with van der Waals surface area (Å²) in [6.07, 6.45) is 2.75. The molecule has 0 aliphatic heterocycles. The van der Waals surface area contributed by atoms with Crippen LogP contribution in [0.15, 0.2) is 24.5 Å². The molecule has 5 heteroatoms. The van der Waals surface area contributed by atoms with Crippen LogP contribution in [0, 0.1) is 0 Å². The average molecular weight is 216 g/mol. The molecular formula is C9H10ClNO3. The fourth-order valence-corrected chi connectivity index (χ4v) is 0.833. The number of halogens is 1. The quantitative estimate of drug-likeness (QED) is 0.433. The van der Waals surface area contributed by atoms with Gasteiger partial charge in [0.15, 0.2) is 5.78 Å². The van der Waals surface area contributed by atoms with Crippen LogP contribution in [-0.2, 0) is 9.53 Å². The van der Waals surface area contributed by atoms with Crippen molar-refractivity contribution in [3.8, 4) is 0 Å². The molecule has 0 unspecified atom stereocenters. The Kier molecular flexibility index (Phi) is 5.48. The Morgan fingerprint density at radius 2 is 2.21 bits per heavy atom. The predicted molar refractivity (Wildman–Crippen MR) is 52.4 cm³/mol. The van der Waals surface area contributed by atoms with E-state index in [1.54, 1.807) is 18.3 Å². The Balaban J connectivity index is 0.00000169. The van der Waals surface area contributed by atoms with Crippen molar-refractivity contribution in [2.45, 2.75) is 6.42 Å². The molecule has 1 aromatic heterocycles. The third-order valence-electron chi connectivity index (χ3n) is 1.52. The van der Waals surface area contributed by atoms with Gasteiger partial charge in [-0.25, -0.2) is 0 Å². The van der Waals surface area contributed by atoms with Gasteiger partial charge in [-0.1, -0.05) is 0 Å². The third kappa shape index (κ3) is 3.53. The van der Waals surface area contributed by atoms with E-state index in [0.29, 0.717) is 5.56 Å². The minimum atomic E-state index is -0.533. The summed E-state index contributed by atoms with van der Waals surface area (Å²) >= 11 is 0. The van der Waals surface area contributed by atoms with Gasteiger partial charge in [-0.2, -0.15) is 0 Å². The van der Waals surface area contributed by atoms with Gasteiger partial charge in [-0.15, -0.1) is 12.4 Å². The summed E-state index contributed by atoms with van der Waals surface area (Å²) < 4.78 is 4.36. The highest BCUT2D eigenvalue weighted by Gasteiger charge is 2.11. The van der Waals surface area contributed by atoms with Crippen LogP contribution in [0.4, 0.5) is 0 Å². The molecule has 0 atom stereocenters. The lowest BCUT2D eigenvalue weighted by molar-refractivity contribution is -0.139. The van der Waals surface area contributed by atoms with Gasteiger partial charge in [0.05, 0.1) is 7.11 Å². The van der Waals surface area contributed by atoms with Gasteiger partial charge in [0.2, 0.25) is 0 Å². The number of carbonyl (C=O) groups excluding carboxylic acids is 2. The molecule has 14 heavy (non-hydrogen) atoms. The number of hydrogen-bond donors (Lipinski definition) is 0. The van der Waals surface area contributed by atoms with Crippen LogP contribution in [0.25, 0.3) is 0 Å². The molecule has 0 amide bonds. The topological polar surface area (TPSA) is 56.3 Å². The Hall–Kier alpha value is -1.42. The molecule has 0 spiro atoms. The lowest BCUT2D eigenvalue weighted by atomic mass is 10.1. The van der Waals surface area contributed by atoms with E-state index in [2.05, 4.69) is 9.72 Å². The molecule has 0 aliphatic rings. The van der Waals surface area contributed by atoms with Gasteiger partial charge in [0.1, 0.15) is 6.42 Å². The Bertz CT molecular complexity index is 313. The highest BCUT2D eigenvalue weighted by molar-refractivity contribution is 6.05. The second-order valence-corrected chi connectivity index (χ2v) is 2.42. The largest absolute Gasteiger partial charge is 0.469 e. The summed E-state index contributed by atoms with van der Waals surface area (Å²) in [6.45, 7) is 0. The van der Waals surface area contributed by atoms with E-state index < -0.39 is 5.97 Å². The maximum atomic E-state index is 11.3. The van der Waals surface area contributed by atoms with Crippen molar-refractivity contribution in [3.63, 3.8) is 0 Å². The molecule has 0 radical (unpaired) electrons. The van der Waals surface area contributed by atoms with Crippen molar-refractivity contribution in [2.75, 3.05) is 7.11 Å². The van der Waals surface area contributed by atoms with Crippen molar-refractivity contribution in [2.24, 2.45) is 0 Å². The Morgan fingerprint density at radius 1 is 1.50 bits per heavy atom. The predicted octanol–water partition coefficient (Wildman–Crippen LogP) is 1.25. The minimum absolute atomic E-state index is 0. The summed E-state index contributed by atoms with van der Waals surface area (Å²) in [5.74, 6) is -0.811. The Labute approximate surface area is 87.7 Å². The second-order valence-electron chi connectivity index (χ2n) is 2.42. The number of hydrogen-bond acceptors (Lipinski definition) is 4. The number of aromatic nitrogens is 1. The first-order chi connectivity index (χ1) is 6.24. The summed E-state index contributed by atoms with van der Waals surface area (Å²) in [6, 6.07) is 3.25. The van der Waals surface area contributed by atoms with Gasteiger partial charge in [-0.05, 0) is 12.1 Å². The fraction of sp³-hybridized carbons (Fsp3) is 0.222. The number of esters is 1. The number of ether oxygens (including phenoxy) is 1. The van der Waals surface area contributed by atoms with E-state index in [-0.39, 0.29) is 24.6 Å². The van der Waals surface area contributed by atoms with E-state index in [9.17, 15) is 9.59 Å². The van der Waals surface area contributed by atoms with Crippen LogP contribution < -0.4 is 0 Å². The molecule has 1 rings (SSSR count). The molecule has 0 bridgehead atoms. The molecule has 1 aromatic rings. The zero-order chi connectivity index (χ0) is 9.68. The maximum Gasteiger partial charge on any atom is 0.313 e. The number of ketones is 1. The highest BCUT2D eigenvalue weighted by Crippen LogP contribution is 2.01. The average Bonchev–Trinajstić information content (AvgIpc) is 2.19. The molecule has 0 fully saturated rings. The minimum Gasteiger partial charge on any atom is -0.469 e. The van der Waals surface area contributed by atoms with Crippen LogP contribution in [-0.4, -0.2) is 23.8 Å². The van der Waals surface area contributed by atoms with Gasteiger partial charge < -0.3 is 4.74 Å². The van der Waals surface area contributed by atoms with Crippen LogP contribution >= 0.6 is 12.4 Å². The first-order valence-electron chi connectivity index (χ1n) is 3.74. The van der Waals surface area contributed by atoms with Gasteiger partial charge in [0.25, 0.3) is 0 Å². The number of pyridine rings is 1. The van der Waals surface area contributed by atoms with Crippen molar-refractivity contribution >= 4 is 24.2 Å². The van der Waals surface area contributed by atoms with Crippen molar-refractivity contribution < 1.29 is 14.3 Å². The van der Waals surface area contributed by atoms with Crippen LogP contribution in [0.1, 0.15) is 16.8 Å². The van der Waals surface area contributed by atoms with E-state index in [0.717, 1.165) is 0 Å². The first kappa shape index (κ1) is 12.6. The van der Waals surface area contributed by atoms with Crippen molar-refractivity contribution in [1.82, 2.24) is 4.98 Å².